The van der Waals surface area contributed by atoms with Gasteiger partial charge in [0, 0.05) is 24.4 Å². The molecule has 0 unspecified atom stereocenters. The summed E-state index contributed by atoms with van der Waals surface area (Å²) in [6.07, 6.45) is 5.33. The Hall–Kier alpha value is -3.37. The summed E-state index contributed by atoms with van der Waals surface area (Å²) in [5.41, 5.74) is 4.85. The molecular formula is C25H19N. The lowest BCUT2D eigenvalue weighted by atomic mass is 10.00. The topological polar surface area (TPSA) is 12.9 Å². The summed E-state index contributed by atoms with van der Waals surface area (Å²) >= 11 is 0. The second-order valence-corrected chi connectivity index (χ2v) is 6.40. The molecule has 124 valence electrons. The molecule has 0 aliphatic rings. The van der Waals surface area contributed by atoms with E-state index in [-0.39, 0.29) is 0 Å². The molecule has 0 spiro atoms. The Kier molecular flexibility index (Phi) is 4.76. The van der Waals surface area contributed by atoms with Crippen LogP contribution in [0.2, 0.25) is 0 Å². The highest BCUT2D eigenvalue weighted by Gasteiger charge is 2.00. The normalized spacial score (nSPS) is 10.3. The van der Waals surface area contributed by atoms with E-state index in [1.807, 2.05) is 12.3 Å². The number of fused-ring (bicyclic) bond motifs is 1. The summed E-state index contributed by atoms with van der Waals surface area (Å²) in [5, 5.41) is 2.49. The molecule has 0 saturated heterocycles. The lowest BCUT2D eigenvalue weighted by Gasteiger charge is -2.05. The first-order chi connectivity index (χ1) is 12.9. The quantitative estimate of drug-likeness (QED) is 0.456. The van der Waals surface area contributed by atoms with E-state index >= 15 is 0 Å². The molecule has 1 aromatic heterocycles. The van der Waals surface area contributed by atoms with E-state index in [4.69, 9.17) is 0 Å². The Balaban J connectivity index is 1.56. The summed E-state index contributed by atoms with van der Waals surface area (Å²) in [6, 6.07) is 27.7. The summed E-state index contributed by atoms with van der Waals surface area (Å²) in [7, 11) is 0. The summed E-state index contributed by atoms with van der Waals surface area (Å²) < 4.78 is 0. The minimum Gasteiger partial charge on any atom is -0.264 e. The maximum Gasteiger partial charge on any atom is 0.0359 e. The van der Waals surface area contributed by atoms with Crippen molar-refractivity contribution >= 4 is 10.8 Å². The van der Waals surface area contributed by atoms with E-state index in [2.05, 4.69) is 89.6 Å². The van der Waals surface area contributed by atoms with E-state index in [1.165, 1.54) is 21.9 Å². The average molecular weight is 333 g/mol. The van der Waals surface area contributed by atoms with Gasteiger partial charge in [-0.25, -0.2) is 0 Å². The zero-order valence-electron chi connectivity index (χ0n) is 14.5. The van der Waals surface area contributed by atoms with Crippen LogP contribution in [0.15, 0.2) is 91.3 Å². The zero-order valence-corrected chi connectivity index (χ0v) is 14.5. The number of aromatic nitrogens is 1. The highest BCUT2D eigenvalue weighted by atomic mass is 14.6. The lowest BCUT2D eigenvalue weighted by Crippen LogP contribution is -1.88. The van der Waals surface area contributed by atoms with Crippen molar-refractivity contribution in [1.82, 2.24) is 4.98 Å². The van der Waals surface area contributed by atoms with Crippen molar-refractivity contribution in [2.24, 2.45) is 0 Å². The second-order valence-electron chi connectivity index (χ2n) is 6.40. The molecule has 0 atom stereocenters. The predicted octanol–water partition coefficient (Wildman–Crippen LogP) is 5.42. The maximum absolute atomic E-state index is 4.13. The van der Waals surface area contributed by atoms with Gasteiger partial charge in [-0.2, -0.15) is 0 Å². The molecule has 0 amide bonds. The predicted molar refractivity (Wildman–Crippen MR) is 108 cm³/mol. The first-order valence-electron chi connectivity index (χ1n) is 8.81. The van der Waals surface area contributed by atoms with Crippen LogP contribution < -0.4 is 0 Å². The SMILES string of the molecule is C(#Cc1ccc2ccc(Cc3ccccc3)cc2c1)Cc1cccnc1. The van der Waals surface area contributed by atoms with E-state index in [0.29, 0.717) is 0 Å². The van der Waals surface area contributed by atoms with Crippen LogP contribution in [-0.2, 0) is 12.8 Å². The summed E-state index contributed by atoms with van der Waals surface area (Å²) in [6.45, 7) is 0. The molecule has 0 radical (unpaired) electrons. The monoisotopic (exact) mass is 333 g/mol. The van der Waals surface area contributed by atoms with Crippen LogP contribution >= 0.6 is 0 Å². The highest BCUT2D eigenvalue weighted by Crippen LogP contribution is 2.19. The molecule has 0 saturated carbocycles. The number of pyridine rings is 1. The van der Waals surface area contributed by atoms with Gasteiger partial charge in [-0.1, -0.05) is 72.5 Å². The fourth-order valence-corrected chi connectivity index (χ4v) is 3.07. The second kappa shape index (κ2) is 7.68. The van der Waals surface area contributed by atoms with Crippen LogP contribution in [0.3, 0.4) is 0 Å². The van der Waals surface area contributed by atoms with Gasteiger partial charge in [0.25, 0.3) is 0 Å². The first-order valence-corrected chi connectivity index (χ1v) is 8.81. The van der Waals surface area contributed by atoms with Crippen molar-refractivity contribution in [1.29, 1.82) is 0 Å². The third-order valence-electron chi connectivity index (χ3n) is 4.40. The van der Waals surface area contributed by atoms with Gasteiger partial charge in [-0.05, 0) is 52.1 Å². The molecule has 1 nitrogen and oxygen atoms in total. The summed E-state index contributed by atoms with van der Waals surface area (Å²) in [4.78, 5) is 4.13. The minimum atomic E-state index is 0.722. The van der Waals surface area contributed by atoms with Crippen LogP contribution in [0.1, 0.15) is 22.3 Å². The molecular weight excluding hydrogens is 314 g/mol. The van der Waals surface area contributed by atoms with Crippen molar-refractivity contribution in [2.45, 2.75) is 12.8 Å². The van der Waals surface area contributed by atoms with E-state index < -0.39 is 0 Å². The van der Waals surface area contributed by atoms with Crippen molar-refractivity contribution in [3.05, 3.63) is 114 Å². The Bertz CT molecular complexity index is 1070. The third kappa shape index (κ3) is 3.99. The van der Waals surface area contributed by atoms with Gasteiger partial charge in [0.05, 0.1) is 0 Å². The molecule has 4 rings (SSSR count). The molecule has 1 heterocycles. The molecule has 0 aliphatic carbocycles. The number of nitrogens with zero attached hydrogens (tertiary/aromatic N) is 1. The number of hydrogen-bond acceptors (Lipinski definition) is 1. The lowest BCUT2D eigenvalue weighted by molar-refractivity contribution is 1.20. The van der Waals surface area contributed by atoms with Gasteiger partial charge < -0.3 is 0 Å². The van der Waals surface area contributed by atoms with Gasteiger partial charge in [0.2, 0.25) is 0 Å². The van der Waals surface area contributed by atoms with Gasteiger partial charge in [0.15, 0.2) is 0 Å². The minimum absolute atomic E-state index is 0.722. The Morgan fingerprint density at radius 2 is 1.54 bits per heavy atom. The fourth-order valence-electron chi connectivity index (χ4n) is 3.07. The molecule has 3 aromatic carbocycles. The van der Waals surface area contributed by atoms with Gasteiger partial charge in [-0.3, -0.25) is 4.98 Å². The Labute approximate surface area is 154 Å². The smallest absolute Gasteiger partial charge is 0.0359 e. The molecule has 0 fully saturated rings. The average Bonchev–Trinajstić information content (AvgIpc) is 2.69. The van der Waals surface area contributed by atoms with Crippen LogP contribution in [0.5, 0.6) is 0 Å². The van der Waals surface area contributed by atoms with Crippen molar-refractivity contribution in [3.63, 3.8) is 0 Å². The van der Waals surface area contributed by atoms with Gasteiger partial charge in [-0.15, -0.1) is 0 Å². The molecule has 0 N–H and O–H groups in total. The molecule has 0 aliphatic heterocycles. The molecule has 1 heteroatoms. The van der Waals surface area contributed by atoms with Crippen molar-refractivity contribution < 1.29 is 0 Å². The third-order valence-corrected chi connectivity index (χ3v) is 4.40. The molecule has 0 bridgehead atoms. The first kappa shape index (κ1) is 16.1. The van der Waals surface area contributed by atoms with Crippen LogP contribution in [0, 0.1) is 11.8 Å². The zero-order chi connectivity index (χ0) is 17.6. The van der Waals surface area contributed by atoms with Crippen molar-refractivity contribution in [2.75, 3.05) is 0 Å². The van der Waals surface area contributed by atoms with Crippen LogP contribution in [0.25, 0.3) is 10.8 Å². The van der Waals surface area contributed by atoms with Crippen molar-refractivity contribution in [3.8, 4) is 11.8 Å². The van der Waals surface area contributed by atoms with Gasteiger partial charge in [0.1, 0.15) is 0 Å². The largest absolute Gasteiger partial charge is 0.264 e. The maximum atomic E-state index is 4.13. The van der Waals surface area contributed by atoms with E-state index in [1.54, 1.807) is 6.20 Å². The molecule has 4 aromatic rings. The Morgan fingerprint density at radius 3 is 2.38 bits per heavy atom. The van der Waals surface area contributed by atoms with Crippen LogP contribution in [0.4, 0.5) is 0 Å². The fraction of sp³-hybridized carbons (Fsp3) is 0.0800. The summed E-state index contributed by atoms with van der Waals surface area (Å²) in [5.74, 6) is 6.52. The standard InChI is InChI=1S/C25H19N/c1-2-6-20(7-3-1)16-23-12-14-24-13-11-21(17-25(24)18-23)8-4-9-22-10-5-15-26-19-22/h1-3,5-7,10-15,17-19H,9,16H2. The number of rotatable bonds is 3. The Morgan fingerprint density at radius 1 is 0.692 bits per heavy atom. The van der Waals surface area contributed by atoms with E-state index in [0.717, 1.165) is 24.0 Å². The number of hydrogen-bond donors (Lipinski definition) is 0. The molecule has 26 heavy (non-hydrogen) atoms. The van der Waals surface area contributed by atoms with E-state index in [9.17, 15) is 0 Å². The highest BCUT2D eigenvalue weighted by molar-refractivity contribution is 5.84. The van der Waals surface area contributed by atoms with Crippen LogP contribution in [-0.4, -0.2) is 4.98 Å². The number of benzene rings is 3. The van der Waals surface area contributed by atoms with Gasteiger partial charge >= 0.3 is 0 Å².